The smallest absolute Gasteiger partial charge is 0.326 e. The lowest BCUT2D eigenvalue weighted by Crippen LogP contribution is -2.38. The number of nitrogens with zero attached hydrogens (tertiary/aromatic N) is 5. The fourth-order valence-electron chi connectivity index (χ4n) is 4.84. The third-order valence-electron chi connectivity index (χ3n) is 6.33. The molecule has 5 rings (SSSR count). The van der Waals surface area contributed by atoms with Crippen LogP contribution in [0.1, 0.15) is 37.4 Å². The highest BCUT2D eigenvalue weighted by molar-refractivity contribution is 5.84. The van der Waals surface area contributed by atoms with Gasteiger partial charge in [0.2, 0.25) is 0 Å². The van der Waals surface area contributed by atoms with Crippen molar-refractivity contribution in [1.82, 2.24) is 24.5 Å². The van der Waals surface area contributed by atoms with Gasteiger partial charge in [-0.2, -0.15) is 13.2 Å². The van der Waals surface area contributed by atoms with E-state index in [1.165, 1.54) is 17.2 Å². The van der Waals surface area contributed by atoms with E-state index in [0.717, 1.165) is 22.9 Å². The van der Waals surface area contributed by atoms with Crippen molar-refractivity contribution >= 4 is 16.6 Å². The van der Waals surface area contributed by atoms with Crippen LogP contribution in [-0.4, -0.2) is 49.8 Å². The fourth-order valence-corrected chi connectivity index (χ4v) is 4.84. The monoisotopic (exact) mass is 468 g/mol. The van der Waals surface area contributed by atoms with Crippen LogP contribution in [0.15, 0.2) is 48.7 Å². The lowest BCUT2D eigenvalue weighted by atomic mass is 10.00. The van der Waals surface area contributed by atoms with Gasteiger partial charge in [-0.3, -0.25) is 9.30 Å². The molecule has 34 heavy (non-hydrogen) atoms. The van der Waals surface area contributed by atoms with Gasteiger partial charge in [-0.05, 0) is 42.0 Å². The average Bonchev–Trinajstić information content (AvgIpc) is 3.38. The predicted octanol–water partition coefficient (Wildman–Crippen LogP) is 4.78. The second kappa shape index (κ2) is 8.63. The minimum Gasteiger partial charge on any atom is -0.326 e. The summed E-state index contributed by atoms with van der Waals surface area (Å²) in [6, 6.07) is 11.0. The molecule has 3 aromatic heterocycles. The van der Waals surface area contributed by atoms with E-state index >= 15 is 0 Å². The number of aromatic nitrogens is 4. The first kappa shape index (κ1) is 22.7. The number of nitrogens with two attached hydrogens (primary N) is 1. The molecule has 2 atom stereocenters. The second-order valence-corrected chi connectivity index (χ2v) is 9.49. The molecule has 0 radical (unpaired) electrons. The number of pyridine rings is 2. The summed E-state index contributed by atoms with van der Waals surface area (Å²) in [5, 5.41) is 9.46. The quantitative estimate of drug-likeness (QED) is 0.456. The second-order valence-electron chi connectivity index (χ2n) is 9.49. The number of likely N-dealkylation sites (tertiary alicyclic amines) is 1. The summed E-state index contributed by atoms with van der Waals surface area (Å²) >= 11 is 0. The van der Waals surface area contributed by atoms with Crippen molar-refractivity contribution in [3.63, 3.8) is 0 Å². The van der Waals surface area contributed by atoms with Crippen molar-refractivity contribution in [2.75, 3.05) is 13.1 Å². The first-order valence-corrected chi connectivity index (χ1v) is 11.5. The van der Waals surface area contributed by atoms with Crippen molar-refractivity contribution in [3.05, 3.63) is 59.8 Å². The zero-order valence-electron chi connectivity index (χ0n) is 19.1. The van der Waals surface area contributed by atoms with Gasteiger partial charge in [0.25, 0.3) is 0 Å². The van der Waals surface area contributed by atoms with Crippen molar-refractivity contribution in [2.24, 2.45) is 11.7 Å². The molecule has 4 heterocycles. The summed E-state index contributed by atoms with van der Waals surface area (Å²) in [6.45, 7) is 4.83. The molecule has 2 N–H and O–H groups in total. The van der Waals surface area contributed by atoms with Crippen LogP contribution in [0.5, 0.6) is 0 Å². The third-order valence-corrected chi connectivity index (χ3v) is 6.33. The lowest BCUT2D eigenvalue weighted by Gasteiger charge is -2.30. The minimum atomic E-state index is -4.43. The highest BCUT2D eigenvalue weighted by atomic mass is 19.4. The summed E-state index contributed by atoms with van der Waals surface area (Å²) in [6.07, 6.45) is -1.52. The molecular formula is C25H27F3N6. The Morgan fingerprint density at radius 2 is 1.91 bits per heavy atom. The molecule has 1 aliphatic heterocycles. The average molecular weight is 469 g/mol. The molecule has 0 saturated carbocycles. The van der Waals surface area contributed by atoms with E-state index in [1.54, 1.807) is 10.5 Å². The molecular weight excluding hydrogens is 441 g/mol. The Bertz CT molecular complexity index is 1330. The zero-order valence-corrected chi connectivity index (χ0v) is 19.1. The van der Waals surface area contributed by atoms with E-state index in [4.69, 9.17) is 10.7 Å². The van der Waals surface area contributed by atoms with Crippen LogP contribution in [0.25, 0.3) is 28.1 Å². The molecule has 0 bridgehead atoms. The van der Waals surface area contributed by atoms with Crippen LogP contribution in [0.3, 0.4) is 0 Å². The Balaban J connectivity index is 1.60. The van der Waals surface area contributed by atoms with Gasteiger partial charge in [0.05, 0.1) is 5.52 Å². The number of fused-ring (bicyclic) bond motifs is 2. The molecule has 178 valence electrons. The number of rotatable bonds is 5. The van der Waals surface area contributed by atoms with Crippen LogP contribution in [-0.2, 0) is 6.42 Å². The molecule has 6 nitrogen and oxygen atoms in total. The van der Waals surface area contributed by atoms with Crippen LogP contribution in [0, 0.1) is 5.92 Å². The Morgan fingerprint density at radius 3 is 2.62 bits per heavy atom. The number of alkyl halides is 3. The molecule has 0 aliphatic carbocycles. The standard InChI is InChI=1S/C25H27F3N6/c1-15(2)12-17-5-3-4-16-6-8-20(30-22(16)17)24-32-31-21-9-7-18(13-34(21)24)23(25(26,27)28)33-11-10-19(29)14-33/h3-9,13,15,19,23H,10-12,14,29H2,1-2H3/t19-,23+/m0/s1. The van der Waals surface area contributed by atoms with Crippen molar-refractivity contribution in [3.8, 4) is 11.5 Å². The summed E-state index contributed by atoms with van der Waals surface area (Å²) in [5.74, 6) is 0.877. The summed E-state index contributed by atoms with van der Waals surface area (Å²) in [7, 11) is 0. The molecule has 0 amide bonds. The van der Waals surface area contributed by atoms with E-state index in [9.17, 15) is 13.2 Å². The maximum atomic E-state index is 14.1. The van der Waals surface area contributed by atoms with E-state index in [1.807, 2.05) is 24.3 Å². The Kier molecular flexibility index (Phi) is 5.77. The topological polar surface area (TPSA) is 72.3 Å². The molecule has 1 aliphatic rings. The molecule has 9 heteroatoms. The fraction of sp³-hybridized carbons (Fsp3) is 0.400. The Morgan fingerprint density at radius 1 is 1.09 bits per heavy atom. The summed E-state index contributed by atoms with van der Waals surface area (Å²) in [4.78, 5) is 6.26. The van der Waals surface area contributed by atoms with Gasteiger partial charge in [0.15, 0.2) is 11.5 Å². The van der Waals surface area contributed by atoms with E-state index in [2.05, 4.69) is 30.1 Å². The van der Waals surface area contributed by atoms with Gasteiger partial charge < -0.3 is 5.73 Å². The van der Waals surface area contributed by atoms with Gasteiger partial charge in [-0.1, -0.05) is 44.2 Å². The highest BCUT2D eigenvalue weighted by Gasteiger charge is 2.46. The van der Waals surface area contributed by atoms with Crippen LogP contribution < -0.4 is 5.73 Å². The number of hydrogen-bond acceptors (Lipinski definition) is 5. The minimum absolute atomic E-state index is 0.136. The van der Waals surface area contributed by atoms with Gasteiger partial charge in [0.1, 0.15) is 11.7 Å². The van der Waals surface area contributed by atoms with Crippen LogP contribution >= 0.6 is 0 Å². The molecule has 1 aromatic carbocycles. The summed E-state index contributed by atoms with van der Waals surface area (Å²) in [5.41, 5.74) is 9.08. The van der Waals surface area contributed by atoms with E-state index in [-0.39, 0.29) is 18.2 Å². The maximum absolute atomic E-state index is 14.1. The van der Waals surface area contributed by atoms with Crippen molar-refractivity contribution < 1.29 is 13.2 Å². The SMILES string of the molecule is CC(C)Cc1cccc2ccc(-c3nnc4ccc([C@@H](N5CC[C@H](N)C5)C(F)(F)F)cn34)nc12. The van der Waals surface area contributed by atoms with Gasteiger partial charge in [0, 0.05) is 30.7 Å². The zero-order chi connectivity index (χ0) is 24.0. The number of para-hydroxylation sites is 1. The van der Waals surface area contributed by atoms with Crippen molar-refractivity contribution in [2.45, 2.75) is 44.9 Å². The molecule has 1 fully saturated rings. The van der Waals surface area contributed by atoms with Gasteiger partial charge in [-0.15, -0.1) is 10.2 Å². The third kappa shape index (κ3) is 4.25. The van der Waals surface area contributed by atoms with Gasteiger partial charge in [-0.25, -0.2) is 4.98 Å². The summed E-state index contributed by atoms with van der Waals surface area (Å²) < 4.78 is 44.0. The Hall–Kier alpha value is -3.04. The maximum Gasteiger partial charge on any atom is 0.408 e. The normalized spacial score (nSPS) is 18.4. The first-order chi connectivity index (χ1) is 16.2. The number of hydrogen-bond donors (Lipinski definition) is 1. The lowest BCUT2D eigenvalue weighted by molar-refractivity contribution is -0.183. The molecule has 0 spiro atoms. The van der Waals surface area contributed by atoms with Crippen LogP contribution in [0.4, 0.5) is 13.2 Å². The van der Waals surface area contributed by atoms with E-state index < -0.39 is 12.2 Å². The first-order valence-electron chi connectivity index (χ1n) is 11.5. The molecule has 4 aromatic rings. The number of benzene rings is 1. The largest absolute Gasteiger partial charge is 0.408 e. The molecule has 0 unspecified atom stereocenters. The predicted molar refractivity (Wildman–Crippen MR) is 125 cm³/mol. The van der Waals surface area contributed by atoms with Gasteiger partial charge >= 0.3 is 6.18 Å². The van der Waals surface area contributed by atoms with Crippen molar-refractivity contribution in [1.29, 1.82) is 0 Å². The van der Waals surface area contributed by atoms with E-state index in [0.29, 0.717) is 36.0 Å². The number of halogens is 3. The van der Waals surface area contributed by atoms with Crippen LogP contribution in [0.2, 0.25) is 0 Å². The highest BCUT2D eigenvalue weighted by Crippen LogP contribution is 2.39. The molecule has 1 saturated heterocycles. The Labute approximate surface area is 195 Å².